The summed E-state index contributed by atoms with van der Waals surface area (Å²) in [4.78, 5) is 42.4. The molecule has 0 spiro atoms. The number of aryl methyl sites for hydroxylation is 2. The number of aromatic nitrogens is 4. The van der Waals surface area contributed by atoms with Crippen LogP contribution in [0.3, 0.4) is 0 Å². The van der Waals surface area contributed by atoms with Crippen molar-refractivity contribution in [3.8, 4) is 28.3 Å². The summed E-state index contributed by atoms with van der Waals surface area (Å²) in [5.41, 5.74) is 2.80. The lowest BCUT2D eigenvalue weighted by Crippen LogP contribution is -2.47. The van der Waals surface area contributed by atoms with E-state index in [9.17, 15) is 19.5 Å². The molecule has 1 amide bonds. The van der Waals surface area contributed by atoms with Crippen molar-refractivity contribution in [3.63, 3.8) is 0 Å². The van der Waals surface area contributed by atoms with Crippen LogP contribution in [-0.2, 0) is 25.3 Å². The average molecular weight is 668 g/mol. The maximum atomic E-state index is 13.0. The molecule has 1 aliphatic heterocycles. The second-order valence-electron chi connectivity index (χ2n) is 11.3. The van der Waals surface area contributed by atoms with Crippen molar-refractivity contribution in [3.05, 3.63) is 90.2 Å². The molecular formula is C32H32Cl2N6O6. The van der Waals surface area contributed by atoms with Crippen molar-refractivity contribution in [2.24, 2.45) is 14.1 Å². The summed E-state index contributed by atoms with van der Waals surface area (Å²) in [7, 11) is 4.20. The van der Waals surface area contributed by atoms with Crippen LogP contribution >= 0.6 is 23.2 Å². The van der Waals surface area contributed by atoms with Gasteiger partial charge >= 0.3 is 5.69 Å². The Hall–Kier alpha value is -4.07. The van der Waals surface area contributed by atoms with Crippen LogP contribution in [0.15, 0.2) is 52.1 Å². The Labute approximate surface area is 273 Å². The van der Waals surface area contributed by atoms with Crippen LogP contribution in [-0.4, -0.2) is 62.8 Å². The zero-order valence-corrected chi connectivity index (χ0v) is 26.9. The predicted octanol–water partition coefficient (Wildman–Crippen LogP) is 3.50. The molecule has 46 heavy (non-hydrogen) atoms. The molecule has 1 fully saturated rings. The molecular weight excluding hydrogens is 635 g/mol. The van der Waals surface area contributed by atoms with Gasteiger partial charge in [-0.2, -0.15) is 5.10 Å². The third kappa shape index (κ3) is 5.82. The Morgan fingerprint density at radius 2 is 1.78 bits per heavy atom. The molecule has 3 N–H and O–H groups in total. The van der Waals surface area contributed by atoms with Crippen molar-refractivity contribution < 1.29 is 19.4 Å². The largest absolute Gasteiger partial charge is 0.481 e. The molecule has 0 bridgehead atoms. The highest BCUT2D eigenvalue weighted by Crippen LogP contribution is 2.44. The lowest BCUT2D eigenvalue weighted by Gasteiger charge is -2.31. The number of hydrogen-bond donors (Lipinski definition) is 3. The number of halogens is 2. The number of hydrogen-bond acceptors (Lipinski definition) is 9. The maximum Gasteiger partial charge on any atom is 0.346 e. The zero-order chi connectivity index (χ0) is 32.7. The van der Waals surface area contributed by atoms with Gasteiger partial charge in [0.15, 0.2) is 0 Å². The van der Waals surface area contributed by atoms with Crippen LogP contribution in [0.4, 0.5) is 5.69 Å². The number of fused-ring (bicyclic) bond motifs is 1. The molecule has 1 saturated heterocycles. The number of ether oxygens (including phenoxy) is 2. The van der Waals surface area contributed by atoms with Gasteiger partial charge in [-0.3, -0.25) is 14.2 Å². The van der Waals surface area contributed by atoms with Crippen LogP contribution in [0, 0.1) is 0 Å². The number of pyridine rings is 1. The molecule has 0 radical (unpaired) electrons. The van der Waals surface area contributed by atoms with E-state index >= 15 is 0 Å². The fourth-order valence-electron chi connectivity index (χ4n) is 6.04. The number of nitrogens with one attached hydrogen (secondary N) is 2. The van der Waals surface area contributed by atoms with E-state index in [-0.39, 0.29) is 22.8 Å². The number of aliphatic hydroxyl groups excluding tert-OH is 1. The number of aliphatic hydroxyl groups is 1. The minimum atomic E-state index is -0.829. The van der Waals surface area contributed by atoms with Crippen molar-refractivity contribution in [2.75, 3.05) is 25.6 Å². The molecule has 12 nitrogen and oxygen atoms in total. The van der Waals surface area contributed by atoms with E-state index in [0.29, 0.717) is 46.5 Å². The van der Waals surface area contributed by atoms with E-state index in [1.54, 1.807) is 25.3 Å². The minimum Gasteiger partial charge on any atom is -0.481 e. The second kappa shape index (κ2) is 13.0. The molecule has 3 atom stereocenters. The first-order valence-corrected chi connectivity index (χ1v) is 15.5. The standard InChI is InChI=1S/C32H32Cl2N6O6/c1-39-31(43)28(38-40(2)32(39)44)29(42)36-22-9-5-7-18(27(22)34)17-6-4-8-19(26(17)33)23-14-16-10-11-21(25(16)30(37-23)45-3)35-20-12-13-46-15-24(20)41/h4-9,14,20-21,24,35,41H,10-13,15H2,1-3H3,(H,36,42)/t20-,21-,24-/m1/s1. The van der Waals surface area contributed by atoms with Crippen LogP contribution in [0.5, 0.6) is 5.88 Å². The first-order valence-electron chi connectivity index (χ1n) is 14.7. The average Bonchev–Trinajstić information content (AvgIpc) is 3.46. The van der Waals surface area contributed by atoms with Gasteiger partial charge in [0.25, 0.3) is 11.5 Å². The Balaban J connectivity index is 1.31. The van der Waals surface area contributed by atoms with Crippen LogP contribution in [0.1, 0.15) is 40.5 Å². The van der Waals surface area contributed by atoms with Crippen molar-refractivity contribution in [2.45, 2.75) is 37.5 Å². The zero-order valence-electron chi connectivity index (χ0n) is 25.3. The Bertz CT molecular complexity index is 1960. The highest BCUT2D eigenvalue weighted by atomic mass is 35.5. The van der Waals surface area contributed by atoms with Crippen molar-refractivity contribution in [1.29, 1.82) is 0 Å². The molecule has 240 valence electrons. The Kier molecular flexibility index (Phi) is 8.99. The Morgan fingerprint density at radius 1 is 1.07 bits per heavy atom. The van der Waals surface area contributed by atoms with Gasteiger partial charge in [0.05, 0.1) is 41.2 Å². The van der Waals surface area contributed by atoms with E-state index in [2.05, 4.69) is 15.7 Å². The number of anilines is 1. The van der Waals surface area contributed by atoms with E-state index in [4.69, 9.17) is 37.7 Å². The molecule has 1 aliphatic carbocycles. The third-order valence-corrected chi connectivity index (χ3v) is 9.26. The highest BCUT2D eigenvalue weighted by molar-refractivity contribution is 6.39. The summed E-state index contributed by atoms with van der Waals surface area (Å²) >= 11 is 13.8. The fourth-order valence-corrected chi connectivity index (χ4v) is 6.64. The van der Waals surface area contributed by atoms with Crippen molar-refractivity contribution >= 4 is 34.8 Å². The molecule has 0 unspecified atom stereocenters. The second-order valence-corrected chi connectivity index (χ2v) is 12.0. The first kappa shape index (κ1) is 31.9. The van der Waals surface area contributed by atoms with Gasteiger partial charge in [0.2, 0.25) is 11.6 Å². The molecule has 0 saturated carbocycles. The first-order chi connectivity index (χ1) is 22.1. The highest BCUT2D eigenvalue weighted by Gasteiger charge is 2.33. The molecule has 6 rings (SSSR count). The molecule has 14 heteroatoms. The minimum absolute atomic E-state index is 0.0148. The summed E-state index contributed by atoms with van der Waals surface area (Å²) < 4.78 is 12.9. The monoisotopic (exact) mass is 666 g/mol. The predicted molar refractivity (Wildman–Crippen MR) is 174 cm³/mol. The van der Waals surface area contributed by atoms with Gasteiger partial charge in [-0.25, -0.2) is 14.5 Å². The third-order valence-electron chi connectivity index (χ3n) is 8.44. The van der Waals surface area contributed by atoms with E-state index in [1.165, 1.54) is 14.1 Å². The fraction of sp³-hybridized carbons (Fsp3) is 0.344. The lowest BCUT2D eigenvalue weighted by molar-refractivity contribution is -0.0304. The smallest absolute Gasteiger partial charge is 0.346 e. The van der Waals surface area contributed by atoms with Gasteiger partial charge in [-0.15, -0.1) is 0 Å². The molecule has 2 aromatic carbocycles. The molecule has 2 aromatic heterocycles. The van der Waals surface area contributed by atoms with Crippen LogP contribution < -0.4 is 26.6 Å². The normalized spacial score (nSPS) is 19.1. The maximum absolute atomic E-state index is 13.0. The topological polar surface area (TPSA) is 150 Å². The number of carbonyl (C=O) groups is 1. The summed E-state index contributed by atoms with van der Waals surface area (Å²) in [6.45, 7) is 0.912. The number of amides is 1. The lowest BCUT2D eigenvalue weighted by atomic mass is 9.99. The van der Waals surface area contributed by atoms with Gasteiger partial charge in [0, 0.05) is 55.0 Å². The quantitative estimate of drug-likeness (QED) is 0.269. The van der Waals surface area contributed by atoms with Crippen LogP contribution in [0.2, 0.25) is 10.0 Å². The van der Waals surface area contributed by atoms with E-state index in [1.807, 2.05) is 24.3 Å². The number of carbonyl (C=O) groups excluding carboxylic acids is 1. The summed E-state index contributed by atoms with van der Waals surface area (Å²) in [5.74, 6) is -0.324. The number of rotatable bonds is 7. The SMILES string of the molecule is COc1nc(-c2cccc(-c3cccc(NC(=O)c4nn(C)c(=O)n(C)c4=O)c3Cl)c2Cl)cc2c1[C@H](N[C@@H]1CCOC[C@H]1O)CC2. The summed E-state index contributed by atoms with van der Waals surface area (Å²) in [6.07, 6.45) is 1.79. The van der Waals surface area contributed by atoms with E-state index < -0.39 is 29.0 Å². The van der Waals surface area contributed by atoms with Crippen molar-refractivity contribution in [1.82, 2.24) is 24.6 Å². The van der Waals surface area contributed by atoms with Gasteiger partial charge < -0.3 is 25.2 Å². The van der Waals surface area contributed by atoms with Gasteiger partial charge in [-0.05, 0) is 37.0 Å². The summed E-state index contributed by atoms with van der Waals surface area (Å²) in [6, 6.07) is 12.5. The van der Waals surface area contributed by atoms with Crippen LogP contribution in [0.25, 0.3) is 22.4 Å². The molecule has 2 aliphatic rings. The van der Waals surface area contributed by atoms with Gasteiger partial charge in [-0.1, -0.05) is 53.5 Å². The van der Waals surface area contributed by atoms with Gasteiger partial charge in [0.1, 0.15) is 0 Å². The molecule has 4 aromatic rings. The molecule has 3 heterocycles. The number of methoxy groups -OCH3 is 1. The number of nitrogens with zero attached hydrogens (tertiary/aromatic N) is 4. The summed E-state index contributed by atoms with van der Waals surface area (Å²) in [5, 5.41) is 21.1. The van der Waals surface area contributed by atoms with E-state index in [0.717, 1.165) is 39.6 Å². The number of benzene rings is 2. The Morgan fingerprint density at radius 3 is 2.52 bits per heavy atom.